The molecule has 1 amide bonds. The van der Waals surface area contributed by atoms with E-state index in [2.05, 4.69) is 31.4 Å². The Bertz CT molecular complexity index is 377. The highest BCUT2D eigenvalue weighted by atomic mass is 79.9. The fourth-order valence-corrected chi connectivity index (χ4v) is 3.44. The molecule has 1 heterocycles. The van der Waals surface area contributed by atoms with E-state index < -0.39 is 0 Å². The maximum Gasteiger partial charge on any atom is 0.229 e. The van der Waals surface area contributed by atoms with Crippen molar-refractivity contribution in [1.29, 1.82) is 0 Å². The summed E-state index contributed by atoms with van der Waals surface area (Å²) in [6.45, 7) is 0. The van der Waals surface area contributed by atoms with Crippen LogP contribution < -0.4 is 5.32 Å². The maximum atomic E-state index is 12.0. The SMILES string of the molecule is O=C(Nc1nnc(CCBr)s1)C1CCCCC1. The molecule has 0 saturated heterocycles. The third kappa shape index (κ3) is 3.74. The van der Waals surface area contributed by atoms with Crippen LogP contribution in [0.5, 0.6) is 0 Å². The van der Waals surface area contributed by atoms with E-state index in [0.29, 0.717) is 5.13 Å². The predicted octanol–water partition coefficient (Wildman–Crippen LogP) is 2.99. The van der Waals surface area contributed by atoms with Crippen molar-refractivity contribution >= 4 is 38.3 Å². The number of halogens is 1. The van der Waals surface area contributed by atoms with Gasteiger partial charge in [-0.3, -0.25) is 4.79 Å². The number of amides is 1. The minimum absolute atomic E-state index is 0.117. The topological polar surface area (TPSA) is 54.9 Å². The zero-order valence-electron chi connectivity index (χ0n) is 9.62. The predicted molar refractivity (Wildman–Crippen MR) is 72.6 cm³/mol. The molecule has 6 heteroatoms. The van der Waals surface area contributed by atoms with Gasteiger partial charge in [0.05, 0.1) is 0 Å². The molecule has 0 aromatic carbocycles. The van der Waals surface area contributed by atoms with Gasteiger partial charge in [0.25, 0.3) is 0 Å². The van der Waals surface area contributed by atoms with Crippen LogP contribution >= 0.6 is 27.3 Å². The lowest BCUT2D eigenvalue weighted by atomic mass is 9.89. The van der Waals surface area contributed by atoms with E-state index in [1.807, 2.05) is 0 Å². The maximum absolute atomic E-state index is 12.0. The fourth-order valence-electron chi connectivity index (χ4n) is 2.06. The number of hydrogen-bond acceptors (Lipinski definition) is 4. The molecule has 0 spiro atoms. The van der Waals surface area contributed by atoms with E-state index in [0.717, 1.165) is 29.6 Å². The number of rotatable bonds is 4. The van der Waals surface area contributed by atoms with Gasteiger partial charge in [-0.25, -0.2) is 0 Å². The Balaban J connectivity index is 1.88. The van der Waals surface area contributed by atoms with Crippen LogP contribution in [0.4, 0.5) is 5.13 Å². The van der Waals surface area contributed by atoms with E-state index >= 15 is 0 Å². The Hall–Kier alpha value is -0.490. The van der Waals surface area contributed by atoms with Crippen molar-refractivity contribution in [3.63, 3.8) is 0 Å². The summed E-state index contributed by atoms with van der Waals surface area (Å²) in [6.07, 6.45) is 6.48. The van der Waals surface area contributed by atoms with E-state index in [1.165, 1.54) is 30.6 Å². The van der Waals surface area contributed by atoms with Crippen molar-refractivity contribution < 1.29 is 4.79 Å². The number of anilines is 1. The van der Waals surface area contributed by atoms with Gasteiger partial charge >= 0.3 is 0 Å². The first kappa shape index (κ1) is 13.0. The van der Waals surface area contributed by atoms with Crippen LogP contribution in [0.15, 0.2) is 0 Å². The number of nitrogens with zero attached hydrogens (tertiary/aromatic N) is 2. The minimum Gasteiger partial charge on any atom is -0.300 e. The smallest absolute Gasteiger partial charge is 0.229 e. The largest absolute Gasteiger partial charge is 0.300 e. The number of carbonyl (C=O) groups excluding carboxylic acids is 1. The monoisotopic (exact) mass is 317 g/mol. The van der Waals surface area contributed by atoms with Crippen molar-refractivity contribution in [2.75, 3.05) is 10.6 Å². The van der Waals surface area contributed by atoms with Crippen LogP contribution in [0.2, 0.25) is 0 Å². The highest BCUT2D eigenvalue weighted by Crippen LogP contribution is 2.25. The molecule has 0 atom stereocenters. The van der Waals surface area contributed by atoms with Crippen molar-refractivity contribution in [2.24, 2.45) is 5.92 Å². The molecular weight excluding hydrogens is 302 g/mol. The number of aryl methyl sites for hydroxylation is 1. The second kappa shape index (κ2) is 6.44. The second-order valence-electron chi connectivity index (χ2n) is 4.26. The van der Waals surface area contributed by atoms with Crippen LogP contribution in [0.1, 0.15) is 37.1 Å². The van der Waals surface area contributed by atoms with Crippen LogP contribution in [-0.4, -0.2) is 21.4 Å². The van der Waals surface area contributed by atoms with Crippen LogP contribution in [0, 0.1) is 5.92 Å². The fraction of sp³-hybridized carbons (Fsp3) is 0.727. The van der Waals surface area contributed by atoms with E-state index in [-0.39, 0.29) is 11.8 Å². The van der Waals surface area contributed by atoms with Gasteiger partial charge in [-0.15, -0.1) is 10.2 Å². The molecule has 2 rings (SSSR count). The molecule has 17 heavy (non-hydrogen) atoms. The van der Waals surface area contributed by atoms with Gasteiger partial charge in [-0.2, -0.15) is 0 Å². The average molecular weight is 318 g/mol. The normalized spacial score (nSPS) is 17.0. The quantitative estimate of drug-likeness (QED) is 0.868. The van der Waals surface area contributed by atoms with E-state index in [9.17, 15) is 4.79 Å². The standard InChI is InChI=1S/C11H16BrN3OS/c12-7-6-9-14-15-11(17-9)13-10(16)8-4-2-1-3-5-8/h8H,1-7H2,(H,13,15,16). The first-order valence-electron chi connectivity index (χ1n) is 5.99. The van der Waals surface area contributed by atoms with Crippen molar-refractivity contribution in [3.8, 4) is 0 Å². The number of hydrogen-bond donors (Lipinski definition) is 1. The summed E-state index contributed by atoms with van der Waals surface area (Å²) in [5.41, 5.74) is 0. The zero-order chi connectivity index (χ0) is 12.1. The third-order valence-electron chi connectivity index (χ3n) is 2.98. The molecular formula is C11H16BrN3OS. The first-order chi connectivity index (χ1) is 8.29. The lowest BCUT2D eigenvalue weighted by Gasteiger charge is -2.19. The van der Waals surface area contributed by atoms with Gasteiger partial charge in [-0.1, -0.05) is 46.5 Å². The molecule has 1 aromatic rings. The van der Waals surface area contributed by atoms with Crippen molar-refractivity contribution in [3.05, 3.63) is 5.01 Å². The number of alkyl halides is 1. The highest BCUT2D eigenvalue weighted by molar-refractivity contribution is 9.09. The van der Waals surface area contributed by atoms with Gasteiger partial charge in [-0.05, 0) is 12.8 Å². The van der Waals surface area contributed by atoms with Crippen LogP contribution in [0.3, 0.4) is 0 Å². The molecule has 0 unspecified atom stereocenters. The average Bonchev–Trinajstić information content (AvgIpc) is 2.78. The summed E-state index contributed by atoms with van der Waals surface area (Å²) in [7, 11) is 0. The molecule has 94 valence electrons. The Morgan fingerprint density at radius 1 is 1.35 bits per heavy atom. The summed E-state index contributed by atoms with van der Waals surface area (Å²) in [4.78, 5) is 12.0. The number of aromatic nitrogens is 2. The second-order valence-corrected chi connectivity index (χ2v) is 6.12. The van der Waals surface area contributed by atoms with Crippen molar-refractivity contribution in [2.45, 2.75) is 38.5 Å². The Kier molecular flexibility index (Phi) is 4.91. The van der Waals surface area contributed by atoms with E-state index in [4.69, 9.17) is 0 Å². The van der Waals surface area contributed by atoms with E-state index in [1.54, 1.807) is 0 Å². The van der Waals surface area contributed by atoms with Gasteiger partial charge in [0.2, 0.25) is 11.0 Å². The number of nitrogens with one attached hydrogen (secondary N) is 1. The summed E-state index contributed by atoms with van der Waals surface area (Å²) in [5, 5.41) is 13.4. The van der Waals surface area contributed by atoms with Gasteiger partial charge in [0, 0.05) is 17.7 Å². The lowest BCUT2D eigenvalue weighted by molar-refractivity contribution is -0.120. The molecule has 0 radical (unpaired) electrons. The Morgan fingerprint density at radius 2 is 2.12 bits per heavy atom. The molecule has 4 nitrogen and oxygen atoms in total. The molecule has 1 fully saturated rings. The molecule has 1 N–H and O–H groups in total. The third-order valence-corrected chi connectivity index (χ3v) is 4.28. The van der Waals surface area contributed by atoms with Gasteiger partial charge in [0.15, 0.2) is 0 Å². The van der Waals surface area contributed by atoms with Gasteiger partial charge < -0.3 is 5.32 Å². The summed E-state index contributed by atoms with van der Waals surface area (Å²) < 4.78 is 0. The summed E-state index contributed by atoms with van der Waals surface area (Å²) in [5.74, 6) is 0.290. The zero-order valence-corrected chi connectivity index (χ0v) is 12.0. The number of carbonyl (C=O) groups is 1. The molecule has 0 aliphatic heterocycles. The summed E-state index contributed by atoms with van der Waals surface area (Å²) >= 11 is 4.83. The lowest BCUT2D eigenvalue weighted by Crippen LogP contribution is -2.24. The van der Waals surface area contributed by atoms with Gasteiger partial charge in [0.1, 0.15) is 5.01 Å². The first-order valence-corrected chi connectivity index (χ1v) is 7.92. The molecule has 1 saturated carbocycles. The van der Waals surface area contributed by atoms with Crippen molar-refractivity contribution in [1.82, 2.24) is 10.2 Å². The molecule has 0 bridgehead atoms. The van der Waals surface area contributed by atoms with Crippen LogP contribution in [0.25, 0.3) is 0 Å². The minimum atomic E-state index is 0.117. The molecule has 1 aromatic heterocycles. The van der Waals surface area contributed by atoms with Crippen LogP contribution in [-0.2, 0) is 11.2 Å². The summed E-state index contributed by atoms with van der Waals surface area (Å²) in [6, 6.07) is 0. The Labute approximate surface area is 113 Å². The Morgan fingerprint density at radius 3 is 2.82 bits per heavy atom. The molecule has 1 aliphatic rings. The highest BCUT2D eigenvalue weighted by Gasteiger charge is 2.21. The molecule has 1 aliphatic carbocycles.